The van der Waals surface area contributed by atoms with Crippen LogP contribution in [0.4, 0.5) is 11.5 Å². The normalized spacial score (nSPS) is 10.8. The molecule has 0 aliphatic rings. The number of rotatable bonds is 7. The van der Waals surface area contributed by atoms with E-state index in [-0.39, 0.29) is 11.9 Å². The SMILES string of the molecule is C=CC(=O)Nc1ccc(-c2c(-c3ccc(Oc4ncc(C)cn4)c(OC)c3)c3c(N)ncnc3n2C)cc1. The number of aryl methyl sites for hydroxylation is 2. The lowest BCUT2D eigenvalue weighted by Gasteiger charge is -2.13. The summed E-state index contributed by atoms with van der Waals surface area (Å²) in [5.74, 6) is 1.03. The van der Waals surface area contributed by atoms with Gasteiger partial charge in [0.2, 0.25) is 5.91 Å². The molecule has 0 aliphatic carbocycles. The highest BCUT2D eigenvalue weighted by Crippen LogP contribution is 2.44. The second-order valence-corrected chi connectivity index (χ2v) is 8.52. The van der Waals surface area contributed by atoms with E-state index in [4.69, 9.17) is 15.2 Å². The molecule has 10 heteroatoms. The molecule has 38 heavy (non-hydrogen) atoms. The average Bonchev–Trinajstić information content (AvgIpc) is 3.24. The molecule has 3 aromatic heterocycles. The molecule has 0 unspecified atom stereocenters. The molecule has 5 rings (SSSR count). The van der Waals surface area contributed by atoms with Gasteiger partial charge in [-0.2, -0.15) is 0 Å². The third kappa shape index (κ3) is 4.50. The lowest BCUT2D eigenvalue weighted by molar-refractivity contribution is -0.111. The molecule has 5 aromatic rings. The van der Waals surface area contributed by atoms with Gasteiger partial charge in [-0.1, -0.05) is 24.8 Å². The van der Waals surface area contributed by atoms with Gasteiger partial charge in [0.1, 0.15) is 17.8 Å². The number of nitrogens with zero attached hydrogens (tertiary/aromatic N) is 5. The Morgan fingerprint density at radius 1 is 1.03 bits per heavy atom. The Morgan fingerprint density at radius 3 is 2.42 bits per heavy atom. The van der Waals surface area contributed by atoms with Gasteiger partial charge in [-0.05, 0) is 54.0 Å². The van der Waals surface area contributed by atoms with Crippen molar-refractivity contribution >= 4 is 28.4 Å². The summed E-state index contributed by atoms with van der Waals surface area (Å²) in [5.41, 5.74) is 12.0. The van der Waals surface area contributed by atoms with Crippen LogP contribution in [0.3, 0.4) is 0 Å². The second kappa shape index (κ2) is 10.0. The maximum atomic E-state index is 11.7. The smallest absolute Gasteiger partial charge is 0.322 e. The van der Waals surface area contributed by atoms with Crippen molar-refractivity contribution in [3.63, 3.8) is 0 Å². The standard InChI is InChI=1S/C28H25N7O3/c1-5-22(36)34-19-9-6-17(7-10-19)25-23(24-26(29)32-15-33-27(24)35(25)3)18-8-11-20(21(12-18)37-4)38-28-30-13-16(2)14-31-28/h5-15H,1H2,2-4H3,(H,34,36)(H2,29,32,33). The first-order chi connectivity index (χ1) is 18.4. The number of fused-ring (bicyclic) bond motifs is 1. The molecule has 0 aliphatic heterocycles. The average molecular weight is 508 g/mol. The topological polar surface area (TPSA) is 130 Å². The molecule has 2 aromatic carbocycles. The number of aromatic nitrogens is 5. The lowest BCUT2D eigenvalue weighted by atomic mass is 9.98. The fraction of sp³-hybridized carbons (Fsp3) is 0.107. The summed E-state index contributed by atoms with van der Waals surface area (Å²) < 4.78 is 13.5. The van der Waals surface area contributed by atoms with Crippen LogP contribution in [0.25, 0.3) is 33.4 Å². The summed E-state index contributed by atoms with van der Waals surface area (Å²) in [4.78, 5) is 28.9. The van der Waals surface area contributed by atoms with Crippen LogP contribution in [-0.4, -0.2) is 37.5 Å². The van der Waals surface area contributed by atoms with E-state index in [1.54, 1.807) is 25.6 Å². The first kappa shape index (κ1) is 24.4. The van der Waals surface area contributed by atoms with Crippen LogP contribution in [0.15, 0.2) is 73.8 Å². The summed E-state index contributed by atoms with van der Waals surface area (Å²) in [6, 6.07) is 13.3. The van der Waals surface area contributed by atoms with E-state index >= 15 is 0 Å². The van der Waals surface area contributed by atoms with E-state index in [1.165, 1.54) is 12.4 Å². The Morgan fingerprint density at radius 2 is 1.74 bits per heavy atom. The van der Waals surface area contributed by atoms with E-state index in [9.17, 15) is 4.79 Å². The van der Waals surface area contributed by atoms with Crippen molar-refractivity contribution in [2.24, 2.45) is 7.05 Å². The summed E-state index contributed by atoms with van der Waals surface area (Å²) >= 11 is 0. The fourth-order valence-electron chi connectivity index (χ4n) is 4.24. The maximum absolute atomic E-state index is 11.7. The van der Waals surface area contributed by atoms with Crippen LogP contribution >= 0.6 is 0 Å². The molecular formula is C28H25N7O3. The van der Waals surface area contributed by atoms with Crippen molar-refractivity contribution in [2.45, 2.75) is 6.92 Å². The molecule has 190 valence electrons. The van der Waals surface area contributed by atoms with Crippen LogP contribution < -0.4 is 20.5 Å². The zero-order chi connectivity index (χ0) is 26.8. The van der Waals surface area contributed by atoms with Gasteiger partial charge in [0.05, 0.1) is 18.2 Å². The van der Waals surface area contributed by atoms with Gasteiger partial charge >= 0.3 is 6.01 Å². The van der Waals surface area contributed by atoms with E-state index in [2.05, 4.69) is 31.8 Å². The van der Waals surface area contributed by atoms with Gasteiger partial charge in [0.25, 0.3) is 0 Å². The van der Waals surface area contributed by atoms with Crippen molar-refractivity contribution in [1.82, 2.24) is 24.5 Å². The minimum absolute atomic E-state index is 0.216. The Hall–Kier alpha value is -5.25. The number of hydrogen-bond acceptors (Lipinski definition) is 8. The van der Waals surface area contributed by atoms with Gasteiger partial charge in [-0.3, -0.25) is 4.79 Å². The number of nitrogens with one attached hydrogen (secondary N) is 1. The van der Waals surface area contributed by atoms with Crippen molar-refractivity contribution < 1.29 is 14.3 Å². The summed E-state index contributed by atoms with van der Waals surface area (Å²) in [6.45, 7) is 5.40. The molecule has 0 fully saturated rings. The molecule has 0 bridgehead atoms. The zero-order valence-electron chi connectivity index (χ0n) is 21.1. The van der Waals surface area contributed by atoms with E-state index in [0.717, 1.165) is 27.9 Å². The van der Waals surface area contributed by atoms with Gasteiger partial charge in [0, 0.05) is 30.7 Å². The number of amides is 1. The highest BCUT2D eigenvalue weighted by Gasteiger charge is 2.23. The van der Waals surface area contributed by atoms with Crippen molar-refractivity contribution in [3.8, 4) is 39.9 Å². The number of nitrogen functional groups attached to an aromatic ring is 1. The predicted octanol–water partition coefficient (Wildman–Crippen LogP) is 4.91. The van der Waals surface area contributed by atoms with E-state index in [0.29, 0.717) is 34.0 Å². The maximum Gasteiger partial charge on any atom is 0.322 e. The number of carbonyl (C=O) groups is 1. The number of ether oxygens (including phenoxy) is 2. The fourth-order valence-corrected chi connectivity index (χ4v) is 4.24. The van der Waals surface area contributed by atoms with Gasteiger partial charge in [-0.25, -0.2) is 19.9 Å². The largest absolute Gasteiger partial charge is 0.493 e. The van der Waals surface area contributed by atoms with Gasteiger partial charge in [-0.15, -0.1) is 0 Å². The van der Waals surface area contributed by atoms with Crippen LogP contribution in [0.5, 0.6) is 17.5 Å². The molecule has 10 nitrogen and oxygen atoms in total. The Bertz CT molecular complexity index is 1660. The molecule has 0 radical (unpaired) electrons. The Kier molecular flexibility index (Phi) is 6.44. The Balaban J connectivity index is 1.64. The van der Waals surface area contributed by atoms with Crippen molar-refractivity contribution in [1.29, 1.82) is 0 Å². The van der Waals surface area contributed by atoms with Crippen LogP contribution in [0.2, 0.25) is 0 Å². The summed E-state index contributed by atoms with van der Waals surface area (Å²) in [5, 5.41) is 3.48. The minimum Gasteiger partial charge on any atom is -0.493 e. The molecule has 0 atom stereocenters. The zero-order valence-corrected chi connectivity index (χ0v) is 21.1. The number of carbonyl (C=O) groups excluding carboxylic acids is 1. The van der Waals surface area contributed by atoms with Crippen molar-refractivity contribution in [2.75, 3.05) is 18.2 Å². The predicted molar refractivity (Wildman–Crippen MR) is 146 cm³/mol. The first-order valence-electron chi connectivity index (χ1n) is 11.7. The van der Waals surface area contributed by atoms with Crippen LogP contribution in [0, 0.1) is 6.92 Å². The number of hydrogen-bond donors (Lipinski definition) is 2. The third-order valence-corrected chi connectivity index (χ3v) is 6.02. The van der Waals surface area contributed by atoms with E-state index in [1.807, 2.05) is 54.9 Å². The molecular weight excluding hydrogens is 482 g/mol. The van der Waals surface area contributed by atoms with Gasteiger partial charge in [0.15, 0.2) is 11.5 Å². The molecule has 0 spiro atoms. The monoisotopic (exact) mass is 507 g/mol. The summed E-state index contributed by atoms with van der Waals surface area (Å²) in [6.07, 6.45) is 6.03. The minimum atomic E-state index is -0.281. The highest BCUT2D eigenvalue weighted by molar-refractivity contribution is 6.08. The van der Waals surface area contributed by atoms with Gasteiger partial charge < -0.3 is 25.1 Å². The molecule has 3 N–H and O–H groups in total. The molecule has 0 saturated heterocycles. The van der Waals surface area contributed by atoms with Crippen LogP contribution in [0.1, 0.15) is 5.56 Å². The quantitative estimate of drug-likeness (QED) is 0.297. The number of nitrogens with two attached hydrogens (primary N) is 1. The third-order valence-electron chi connectivity index (χ3n) is 6.02. The number of anilines is 2. The first-order valence-corrected chi connectivity index (χ1v) is 11.7. The molecule has 1 amide bonds. The van der Waals surface area contributed by atoms with Crippen LogP contribution in [-0.2, 0) is 11.8 Å². The van der Waals surface area contributed by atoms with E-state index < -0.39 is 0 Å². The molecule has 3 heterocycles. The highest BCUT2D eigenvalue weighted by atomic mass is 16.5. The number of methoxy groups -OCH3 is 1. The molecule has 0 saturated carbocycles. The Labute approximate surface area is 218 Å². The lowest BCUT2D eigenvalue weighted by Crippen LogP contribution is -2.06. The number of benzene rings is 2. The summed E-state index contributed by atoms with van der Waals surface area (Å²) in [7, 11) is 3.49. The second-order valence-electron chi connectivity index (χ2n) is 8.52. The van der Waals surface area contributed by atoms with Crippen molar-refractivity contribution in [3.05, 3.63) is 79.4 Å².